The van der Waals surface area contributed by atoms with Crippen molar-refractivity contribution < 1.29 is 14.3 Å². The zero-order valence-electron chi connectivity index (χ0n) is 26.9. The summed E-state index contributed by atoms with van der Waals surface area (Å²) in [7, 11) is -1.03. The van der Waals surface area contributed by atoms with Crippen LogP contribution in [0.4, 0.5) is 5.82 Å². The molecule has 0 saturated carbocycles. The molecule has 0 spiro atoms. The number of aliphatic hydroxyl groups is 1. The maximum atomic E-state index is 9.53. The third kappa shape index (κ3) is 6.93. The average molecular weight is 625 g/mol. The van der Waals surface area contributed by atoms with Crippen LogP contribution in [-0.2, 0) is 17.6 Å². The smallest absolute Gasteiger partial charge is 0.261 e. The number of ether oxygens (including phenoxy) is 1. The summed E-state index contributed by atoms with van der Waals surface area (Å²) in [5, 5.41) is 20.3. The Hall–Kier alpha value is -4.12. The van der Waals surface area contributed by atoms with Gasteiger partial charge < -0.3 is 19.6 Å². The van der Waals surface area contributed by atoms with Crippen molar-refractivity contribution in [3.05, 3.63) is 96.7 Å². The van der Waals surface area contributed by atoms with Crippen LogP contribution < -0.4 is 20.4 Å². The zero-order chi connectivity index (χ0) is 31.9. The Bertz CT molecular complexity index is 1630. The highest BCUT2D eigenvalue weighted by Gasteiger charge is 2.50. The van der Waals surface area contributed by atoms with E-state index in [-0.39, 0.29) is 17.7 Å². The monoisotopic (exact) mass is 624 g/mol. The first kappa shape index (κ1) is 32.3. The molecule has 2 aromatic carbocycles. The van der Waals surface area contributed by atoms with Crippen LogP contribution in [0.5, 0.6) is 5.75 Å². The fourth-order valence-electron chi connectivity index (χ4n) is 6.13. The number of aromatic nitrogens is 5. The molecule has 0 amide bonds. The van der Waals surface area contributed by atoms with E-state index in [1.54, 1.807) is 31.9 Å². The van der Waals surface area contributed by atoms with E-state index in [1.165, 1.54) is 10.4 Å². The lowest BCUT2D eigenvalue weighted by molar-refractivity contribution is 0.280. The normalized spacial score (nSPS) is 12.8. The van der Waals surface area contributed by atoms with Gasteiger partial charge in [0.15, 0.2) is 5.82 Å². The summed E-state index contributed by atoms with van der Waals surface area (Å²) in [6.45, 7) is 10.00. The summed E-state index contributed by atoms with van der Waals surface area (Å²) < 4.78 is 14.6. The summed E-state index contributed by atoms with van der Waals surface area (Å²) in [6.07, 6.45) is 7.77. The van der Waals surface area contributed by atoms with E-state index in [9.17, 15) is 5.11 Å². The van der Waals surface area contributed by atoms with Crippen molar-refractivity contribution in [2.75, 3.05) is 19.0 Å². The second-order valence-electron chi connectivity index (χ2n) is 12.3. The quantitative estimate of drug-likeness (QED) is 0.160. The molecule has 0 bridgehead atoms. The lowest BCUT2D eigenvalue weighted by Crippen LogP contribution is -2.66. The number of anilines is 1. The van der Waals surface area contributed by atoms with Gasteiger partial charge >= 0.3 is 0 Å². The molecule has 0 radical (unpaired) electrons. The molecule has 0 aliphatic heterocycles. The lowest BCUT2D eigenvalue weighted by Gasteiger charge is -2.43. The van der Waals surface area contributed by atoms with Crippen molar-refractivity contribution in [2.24, 2.45) is 0 Å². The van der Waals surface area contributed by atoms with Gasteiger partial charge in [0.05, 0.1) is 26.5 Å². The average Bonchev–Trinajstić information content (AvgIpc) is 3.47. The Morgan fingerprint density at radius 3 is 2.22 bits per heavy atom. The highest BCUT2D eigenvalue weighted by atomic mass is 28.4. The number of fused-ring (bicyclic) bond motifs is 1. The van der Waals surface area contributed by atoms with Crippen LogP contribution in [0.15, 0.2) is 85.5 Å². The van der Waals surface area contributed by atoms with Crippen LogP contribution in [0, 0.1) is 0 Å². The molecule has 5 aromatic rings. The Morgan fingerprint density at radius 1 is 0.933 bits per heavy atom. The molecule has 0 aliphatic carbocycles. The Balaban J connectivity index is 1.41. The molecule has 0 unspecified atom stereocenters. The van der Waals surface area contributed by atoms with Crippen molar-refractivity contribution >= 4 is 35.5 Å². The predicted octanol–water partition coefficient (Wildman–Crippen LogP) is 5.32. The van der Waals surface area contributed by atoms with Gasteiger partial charge in [-0.15, -0.1) is 0 Å². The topological polar surface area (TPSA) is 107 Å². The number of benzene rings is 2. The summed E-state index contributed by atoms with van der Waals surface area (Å²) in [5.74, 6) is 1.33. The first-order chi connectivity index (χ1) is 21.8. The zero-order valence-corrected chi connectivity index (χ0v) is 27.9. The highest BCUT2D eigenvalue weighted by molar-refractivity contribution is 6.99. The Kier molecular flexibility index (Phi) is 10.3. The van der Waals surface area contributed by atoms with Gasteiger partial charge in [0.25, 0.3) is 8.32 Å². The molecule has 9 nitrogen and oxygen atoms in total. The fraction of sp³-hybridized carbons (Fsp3) is 0.371. The van der Waals surface area contributed by atoms with Gasteiger partial charge in [0, 0.05) is 18.8 Å². The molecule has 2 N–H and O–H groups in total. The SMILES string of the molecule is CCC[C@@H](CCO[Si](c1ccccc1)(c1ccccc1)C(C)(C)C)Nc1ncnc2cnn(Cc3ncc(CO)cc3OC)c12. The number of methoxy groups -OCH3 is 1. The summed E-state index contributed by atoms with van der Waals surface area (Å²) >= 11 is 0. The highest BCUT2D eigenvalue weighted by Crippen LogP contribution is 2.37. The third-order valence-electron chi connectivity index (χ3n) is 8.30. The Labute approximate surface area is 266 Å². The number of pyridine rings is 1. The largest absolute Gasteiger partial charge is 0.495 e. The molecule has 3 heterocycles. The van der Waals surface area contributed by atoms with E-state index in [4.69, 9.17) is 9.16 Å². The van der Waals surface area contributed by atoms with Crippen LogP contribution >= 0.6 is 0 Å². The second-order valence-corrected chi connectivity index (χ2v) is 16.6. The van der Waals surface area contributed by atoms with Crippen molar-refractivity contribution in [1.29, 1.82) is 0 Å². The molecular formula is C35H44N6O3Si. The van der Waals surface area contributed by atoms with Gasteiger partial charge in [-0.1, -0.05) is 94.8 Å². The minimum atomic E-state index is -2.63. The summed E-state index contributed by atoms with van der Waals surface area (Å²) in [6, 6.07) is 23.5. The van der Waals surface area contributed by atoms with Crippen molar-refractivity contribution in [3.8, 4) is 5.75 Å². The molecule has 0 fully saturated rings. The number of nitrogens with one attached hydrogen (secondary N) is 1. The number of aliphatic hydroxyl groups excluding tert-OH is 1. The molecular weight excluding hydrogens is 581 g/mol. The van der Waals surface area contributed by atoms with Crippen LogP contribution in [-0.4, -0.2) is 57.9 Å². The van der Waals surface area contributed by atoms with Crippen molar-refractivity contribution in [3.63, 3.8) is 0 Å². The second kappa shape index (κ2) is 14.3. The van der Waals surface area contributed by atoms with E-state index in [0.29, 0.717) is 30.2 Å². The molecule has 3 aromatic heterocycles. The van der Waals surface area contributed by atoms with Gasteiger partial charge in [-0.25, -0.2) is 9.97 Å². The maximum absolute atomic E-state index is 9.53. The van der Waals surface area contributed by atoms with Gasteiger partial charge in [0.1, 0.15) is 28.8 Å². The third-order valence-corrected chi connectivity index (χ3v) is 13.3. The molecule has 236 valence electrons. The van der Waals surface area contributed by atoms with Crippen molar-refractivity contribution in [2.45, 2.75) is 71.2 Å². The van der Waals surface area contributed by atoms with E-state index in [2.05, 4.69) is 114 Å². The predicted molar refractivity (Wildman–Crippen MR) is 182 cm³/mol. The molecule has 1 atom stereocenters. The minimum Gasteiger partial charge on any atom is -0.495 e. The molecule has 45 heavy (non-hydrogen) atoms. The lowest BCUT2D eigenvalue weighted by atomic mass is 10.1. The molecule has 5 rings (SSSR count). The molecule has 10 heteroatoms. The number of hydrogen-bond acceptors (Lipinski definition) is 8. The molecule has 0 saturated heterocycles. The maximum Gasteiger partial charge on any atom is 0.261 e. The first-order valence-electron chi connectivity index (χ1n) is 15.6. The van der Waals surface area contributed by atoms with Crippen LogP contribution in [0.3, 0.4) is 0 Å². The van der Waals surface area contributed by atoms with E-state index < -0.39 is 8.32 Å². The van der Waals surface area contributed by atoms with E-state index in [1.807, 2.05) is 4.68 Å². The summed E-state index contributed by atoms with van der Waals surface area (Å²) in [4.78, 5) is 13.7. The van der Waals surface area contributed by atoms with Crippen LogP contribution in [0.25, 0.3) is 11.0 Å². The number of rotatable bonds is 14. The fourth-order valence-corrected chi connectivity index (χ4v) is 10.7. The standard InChI is InChI=1S/C35H44N6O3Si/c1-6-13-27(18-19-44-45(35(2,3)4,28-14-9-7-10-15-28)29-16-11-8-12-17-29)40-34-33-30(37-25-38-34)22-39-41(33)23-31-32(43-5)20-26(24-42)21-36-31/h7-12,14-17,20-22,25,27,42H,6,13,18-19,23-24H2,1-5H3,(H,37,38,40)/t27-/m0/s1. The minimum absolute atomic E-state index is 0.0841. The van der Waals surface area contributed by atoms with Crippen LogP contribution in [0.1, 0.15) is 58.2 Å². The van der Waals surface area contributed by atoms with Crippen LogP contribution in [0.2, 0.25) is 5.04 Å². The summed E-state index contributed by atoms with van der Waals surface area (Å²) in [5.41, 5.74) is 2.95. The van der Waals surface area contributed by atoms with Gasteiger partial charge in [0.2, 0.25) is 0 Å². The van der Waals surface area contributed by atoms with Crippen molar-refractivity contribution in [1.82, 2.24) is 24.7 Å². The number of nitrogens with zero attached hydrogens (tertiary/aromatic N) is 5. The van der Waals surface area contributed by atoms with E-state index >= 15 is 0 Å². The first-order valence-corrected chi connectivity index (χ1v) is 17.5. The van der Waals surface area contributed by atoms with Gasteiger partial charge in [-0.05, 0) is 39.9 Å². The van der Waals surface area contributed by atoms with Gasteiger partial charge in [-0.3, -0.25) is 9.67 Å². The van der Waals surface area contributed by atoms with Gasteiger partial charge in [-0.2, -0.15) is 5.10 Å². The Morgan fingerprint density at radius 2 is 1.62 bits per heavy atom. The number of hydrogen-bond donors (Lipinski definition) is 2. The van der Waals surface area contributed by atoms with E-state index in [0.717, 1.165) is 36.1 Å². The molecule has 0 aliphatic rings.